The Labute approximate surface area is 109 Å². The maximum Gasteiger partial charge on any atom is 0.218 e. The van der Waals surface area contributed by atoms with Gasteiger partial charge in [0.2, 0.25) is 5.88 Å². The zero-order chi connectivity index (χ0) is 13.2. The number of anilines is 1. The van der Waals surface area contributed by atoms with Crippen molar-refractivity contribution in [3.63, 3.8) is 0 Å². The molecule has 0 amide bonds. The standard InChI is InChI=1S/C13H23N3O2/c1-3-11-15-12(14-4-2)10-13(16-11)18-9-7-5-6-8-17/h10,17H,3-9H2,1-2H3,(H,14,15,16). The summed E-state index contributed by atoms with van der Waals surface area (Å²) in [7, 11) is 0. The highest BCUT2D eigenvalue weighted by atomic mass is 16.5. The first-order chi connectivity index (χ1) is 8.80. The second kappa shape index (κ2) is 8.69. The minimum atomic E-state index is 0.248. The zero-order valence-corrected chi connectivity index (χ0v) is 11.3. The summed E-state index contributed by atoms with van der Waals surface area (Å²) in [6, 6.07) is 1.83. The van der Waals surface area contributed by atoms with Gasteiger partial charge in [-0.05, 0) is 26.2 Å². The Hall–Kier alpha value is -1.36. The number of aromatic nitrogens is 2. The van der Waals surface area contributed by atoms with Crippen LogP contribution < -0.4 is 10.1 Å². The van der Waals surface area contributed by atoms with E-state index in [1.54, 1.807) is 0 Å². The lowest BCUT2D eigenvalue weighted by molar-refractivity contribution is 0.262. The van der Waals surface area contributed by atoms with Crippen molar-refractivity contribution in [1.82, 2.24) is 9.97 Å². The molecule has 0 fully saturated rings. The number of nitrogens with zero attached hydrogens (tertiary/aromatic N) is 2. The van der Waals surface area contributed by atoms with Crippen LogP contribution >= 0.6 is 0 Å². The molecule has 1 aromatic rings. The number of rotatable bonds is 9. The summed E-state index contributed by atoms with van der Waals surface area (Å²) in [5, 5.41) is 11.8. The molecule has 102 valence electrons. The van der Waals surface area contributed by atoms with E-state index in [0.717, 1.165) is 43.9 Å². The highest BCUT2D eigenvalue weighted by Gasteiger charge is 2.03. The molecule has 1 aromatic heterocycles. The quantitative estimate of drug-likeness (QED) is 0.659. The highest BCUT2D eigenvalue weighted by molar-refractivity contribution is 5.38. The van der Waals surface area contributed by atoms with E-state index in [2.05, 4.69) is 15.3 Å². The van der Waals surface area contributed by atoms with Gasteiger partial charge in [0.05, 0.1) is 6.61 Å². The fraction of sp³-hybridized carbons (Fsp3) is 0.692. The molecule has 0 saturated heterocycles. The summed E-state index contributed by atoms with van der Waals surface area (Å²) in [5.41, 5.74) is 0. The van der Waals surface area contributed by atoms with Gasteiger partial charge < -0.3 is 15.2 Å². The second-order valence-electron chi connectivity index (χ2n) is 4.02. The van der Waals surface area contributed by atoms with E-state index in [-0.39, 0.29) is 6.61 Å². The van der Waals surface area contributed by atoms with E-state index in [1.807, 2.05) is 19.9 Å². The molecule has 0 aliphatic heterocycles. The van der Waals surface area contributed by atoms with Crippen molar-refractivity contribution in [2.75, 3.05) is 25.1 Å². The number of hydrogen-bond donors (Lipinski definition) is 2. The first-order valence-electron chi connectivity index (χ1n) is 6.65. The Morgan fingerprint density at radius 2 is 2.06 bits per heavy atom. The van der Waals surface area contributed by atoms with E-state index in [0.29, 0.717) is 12.5 Å². The lowest BCUT2D eigenvalue weighted by atomic mass is 10.2. The Balaban J connectivity index is 2.50. The molecule has 0 aliphatic rings. The number of aliphatic hydroxyl groups is 1. The Kier molecular flexibility index (Phi) is 7.10. The molecule has 0 radical (unpaired) electrons. The number of hydrogen-bond acceptors (Lipinski definition) is 5. The highest BCUT2D eigenvalue weighted by Crippen LogP contribution is 2.14. The third kappa shape index (κ3) is 5.31. The molecule has 5 nitrogen and oxygen atoms in total. The third-order valence-electron chi connectivity index (χ3n) is 2.48. The maximum absolute atomic E-state index is 8.68. The molecule has 0 saturated carbocycles. The van der Waals surface area contributed by atoms with Gasteiger partial charge >= 0.3 is 0 Å². The Morgan fingerprint density at radius 3 is 2.72 bits per heavy atom. The van der Waals surface area contributed by atoms with E-state index in [1.165, 1.54) is 0 Å². The van der Waals surface area contributed by atoms with Crippen LogP contribution in [0.15, 0.2) is 6.07 Å². The van der Waals surface area contributed by atoms with E-state index in [9.17, 15) is 0 Å². The van der Waals surface area contributed by atoms with Crippen LogP contribution in [0.3, 0.4) is 0 Å². The molecule has 2 N–H and O–H groups in total. The van der Waals surface area contributed by atoms with E-state index >= 15 is 0 Å². The van der Waals surface area contributed by atoms with Crippen molar-refractivity contribution in [3.05, 3.63) is 11.9 Å². The maximum atomic E-state index is 8.68. The zero-order valence-electron chi connectivity index (χ0n) is 11.3. The number of aryl methyl sites for hydroxylation is 1. The van der Waals surface area contributed by atoms with Gasteiger partial charge in [-0.15, -0.1) is 0 Å². The minimum absolute atomic E-state index is 0.248. The van der Waals surface area contributed by atoms with Gasteiger partial charge in [0.15, 0.2) is 0 Å². The lowest BCUT2D eigenvalue weighted by Crippen LogP contribution is -2.06. The van der Waals surface area contributed by atoms with Crippen LogP contribution in [0.5, 0.6) is 5.88 Å². The lowest BCUT2D eigenvalue weighted by Gasteiger charge is -2.09. The SMILES string of the molecule is CCNc1cc(OCCCCCO)nc(CC)n1. The summed E-state index contributed by atoms with van der Waals surface area (Å²) >= 11 is 0. The molecule has 0 bridgehead atoms. The van der Waals surface area contributed by atoms with Gasteiger partial charge in [-0.1, -0.05) is 6.92 Å². The van der Waals surface area contributed by atoms with Gasteiger partial charge in [-0.25, -0.2) is 4.98 Å². The van der Waals surface area contributed by atoms with Crippen LogP contribution in [0.2, 0.25) is 0 Å². The van der Waals surface area contributed by atoms with Gasteiger partial charge in [0.25, 0.3) is 0 Å². The Bertz CT molecular complexity index is 345. The third-order valence-corrected chi connectivity index (χ3v) is 2.48. The summed E-state index contributed by atoms with van der Waals surface area (Å²) in [6.45, 7) is 5.76. The van der Waals surface area contributed by atoms with Crippen molar-refractivity contribution in [1.29, 1.82) is 0 Å². The van der Waals surface area contributed by atoms with E-state index < -0.39 is 0 Å². The second-order valence-corrected chi connectivity index (χ2v) is 4.02. The molecule has 18 heavy (non-hydrogen) atoms. The van der Waals surface area contributed by atoms with Gasteiger partial charge in [0.1, 0.15) is 11.6 Å². The van der Waals surface area contributed by atoms with Crippen molar-refractivity contribution >= 4 is 5.82 Å². The summed E-state index contributed by atoms with van der Waals surface area (Å²) in [6.07, 6.45) is 3.53. The van der Waals surface area contributed by atoms with Crippen LogP contribution in [-0.2, 0) is 6.42 Å². The van der Waals surface area contributed by atoms with Crippen molar-refractivity contribution in [3.8, 4) is 5.88 Å². The first-order valence-corrected chi connectivity index (χ1v) is 6.65. The van der Waals surface area contributed by atoms with E-state index in [4.69, 9.17) is 9.84 Å². The summed E-state index contributed by atoms with van der Waals surface area (Å²) in [5.74, 6) is 2.23. The molecular weight excluding hydrogens is 230 g/mol. The predicted octanol–water partition coefficient (Wildman–Crippen LogP) is 2.01. The topological polar surface area (TPSA) is 67.3 Å². The van der Waals surface area contributed by atoms with Crippen LogP contribution in [0.4, 0.5) is 5.82 Å². The van der Waals surface area contributed by atoms with Crippen LogP contribution in [0.25, 0.3) is 0 Å². The minimum Gasteiger partial charge on any atom is -0.478 e. The largest absolute Gasteiger partial charge is 0.478 e. The number of ether oxygens (including phenoxy) is 1. The fourth-order valence-electron chi connectivity index (χ4n) is 1.54. The molecule has 0 unspecified atom stereocenters. The van der Waals surface area contributed by atoms with Gasteiger partial charge in [-0.2, -0.15) is 4.98 Å². The fourth-order valence-corrected chi connectivity index (χ4v) is 1.54. The molecule has 0 aromatic carbocycles. The smallest absolute Gasteiger partial charge is 0.218 e. The Morgan fingerprint density at radius 1 is 1.22 bits per heavy atom. The average Bonchev–Trinajstić information content (AvgIpc) is 2.38. The predicted molar refractivity (Wildman–Crippen MR) is 72.0 cm³/mol. The molecule has 0 aliphatic carbocycles. The van der Waals surface area contributed by atoms with Crippen LogP contribution in [-0.4, -0.2) is 34.8 Å². The first kappa shape index (κ1) is 14.7. The summed E-state index contributed by atoms with van der Waals surface area (Å²) < 4.78 is 5.61. The molecule has 0 atom stereocenters. The summed E-state index contributed by atoms with van der Waals surface area (Å²) in [4.78, 5) is 8.69. The normalized spacial score (nSPS) is 10.4. The molecule has 0 spiro atoms. The van der Waals surface area contributed by atoms with Crippen molar-refractivity contribution < 1.29 is 9.84 Å². The number of unbranched alkanes of at least 4 members (excludes halogenated alkanes) is 2. The van der Waals surface area contributed by atoms with Crippen LogP contribution in [0.1, 0.15) is 38.9 Å². The molecule has 5 heteroatoms. The van der Waals surface area contributed by atoms with Gasteiger partial charge in [-0.3, -0.25) is 0 Å². The number of aliphatic hydroxyl groups excluding tert-OH is 1. The van der Waals surface area contributed by atoms with Gasteiger partial charge in [0, 0.05) is 25.6 Å². The average molecular weight is 253 g/mol. The van der Waals surface area contributed by atoms with Crippen LogP contribution in [0, 0.1) is 0 Å². The molecule has 1 heterocycles. The van der Waals surface area contributed by atoms with Crippen molar-refractivity contribution in [2.45, 2.75) is 39.5 Å². The molecule has 1 rings (SSSR count). The monoisotopic (exact) mass is 253 g/mol. The molecular formula is C13H23N3O2. The van der Waals surface area contributed by atoms with Crippen molar-refractivity contribution in [2.24, 2.45) is 0 Å². The number of nitrogens with one attached hydrogen (secondary N) is 1.